The first-order valence-electron chi connectivity index (χ1n) is 4.82. The molecule has 0 radical (unpaired) electrons. The van der Waals surface area contributed by atoms with Gasteiger partial charge in [0.25, 0.3) is 0 Å². The van der Waals surface area contributed by atoms with Crippen molar-refractivity contribution in [1.82, 2.24) is 0 Å². The molecule has 0 bridgehead atoms. The Morgan fingerprint density at radius 3 is 2.75 bits per heavy atom. The highest BCUT2D eigenvalue weighted by Gasteiger charge is 2.26. The lowest BCUT2D eigenvalue weighted by Gasteiger charge is -2.06. The van der Waals surface area contributed by atoms with Gasteiger partial charge in [-0.05, 0) is 17.7 Å². The van der Waals surface area contributed by atoms with Crippen molar-refractivity contribution in [2.24, 2.45) is 4.99 Å². The topological polar surface area (TPSA) is 58.9 Å². The van der Waals surface area contributed by atoms with Crippen LogP contribution in [0.5, 0.6) is 0 Å². The van der Waals surface area contributed by atoms with Crippen molar-refractivity contribution in [3.05, 3.63) is 34.9 Å². The third kappa shape index (κ3) is 2.52. The molecule has 1 aliphatic rings. The lowest BCUT2D eigenvalue weighted by Crippen LogP contribution is -2.24. The average molecular weight is 240 g/mol. The molecule has 0 fully saturated rings. The van der Waals surface area contributed by atoms with E-state index in [9.17, 15) is 4.79 Å². The first kappa shape index (κ1) is 11.0. The van der Waals surface area contributed by atoms with Crippen molar-refractivity contribution in [1.29, 1.82) is 0 Å². The van der Waals surface area contributed by atoms with Crippen LogP contribution in [-0.4, -0.2) is 29.6 Å². The number of nitrogens with zero attached hydrogens (tertiary/aromatic N) is 1. The third-order valence-corrected chi connectivity index (χ3v) is 2.51. The molecule has 2 rings (SSSR count). The fraction of sp³-hybridized carbons (Fsp3) is 0.273. The van der Waals surface area contributed by atoms with Gasteiger partial charge in [-0.3, -0.25) is 4.99 Å². The molecule has 1 N–H and O–H groups in total. The van der Waals surface area contributed by atoms with Crippen molar-refractivity contribution in [2.75, 3.05) is 6.54 Å². The Labute approximate surface area is 97.5 Å². The third-order valence-electron chi connectivity index (χ3n) is 2.26. The van der Waals surface area contributed by atoms with Crippen molar-refractivity contribution in [3.8, 4) is 0 Å². The molecular weight excluding hydrogens is 230 g/mol. The normalized spacial score (nSPS) is 19.1. The monoisotopic (exact) mass is 239 g/mol. The Balaban J connectivity index is 1.97. The molecule has 0 spiro atoms. The molecular formula is C11H10ClNO3. The fourth-order valence-corrected chi connectivity index (χ4v) is 1.55. The van der Waals surface area contributed by atoms with Crippen LogP contribution in [0.3, 0.4) is 0 Å². The first-order valence-corrected chi connectivity index (χ1v) is 5.20. The highest BCUT2D eigenvalue weighted by atomic mass is 35.5. The van der Waals surface area contributed by atoms with E-state index in [1.54, 1.807) is 12.1 Å². The molecule has 1 unspecified atom stereocenters. The van der Waals surface area contributed by atoms with Crippen LogP contribution in [0.1, 0.15) is 5.56 Å². The Kier molecular flexibility index (Phi) is 3.10. The van der Waals surface area contributed by atoms with Crippen LogP contribution in [0.25, 0.3) is 0 Å². The van der Waals surface area contributed by atoms with Gasteiger partial charge in [0, 0.05) is 11.4 Å². The number of hydrogen-bond donors (Lipinski definition) is 1. The minimum Gasteiger partial charge on any atom is -0.478 e. The number of aliphatic imine (C=N–C) groups is 1. The lowest BCUT2D eigenvalue weighted by atomic mass is 10.1. The van der Waals surface area contributed by atoms with Crippen molar-refractivity contribution < 1.29 is 14.6 Å². The molecule has 1 atom stereocenters. The van der Waals surface area contributed by atoms with Crippen molar-refractivity contribution >= 4 is 23.5 Å². The summed E-state index contributed by atoms with van der Waals surface area (Å²) in [4.78, 5) is 14.7. The highest BCUT2D eigenvalue weighted by molar-refractivity contribution is 6.30. The molecule has 0 amide bonds. The summed E-state index contributed by atoms with van der Waals surface area (Å²) >= 11 is 5.75. The van der Waals surface area contributed by atoms with E-state index < -0.39 is 12.1 Å². The molecule has 4 nitrogen and oxygen atoms in total. The van der Waals surface area contributed by atoms with Gasteiger partial charge in [-0.25, -0.2) is 4.79 Å². The maximum absolute atomic E-state index is 10.6. The van der Waals surface area contributed by atoms with Gasteiger partial charge in [-0.1, -0.05) is 23.7 Å². The van der Waals surface area contributed by atoms with E-state index in [0.717, 1.165) is 5.56 Å². The van der Waals surface area contributed by atoms with Crippen LogP contribution >= 0.6 is 11.6 Å². The van der Waals surface area contributed by atoms with Gasteiger partial charge in [0.1, 0.15) is 0 Å². The van der Waals surface area contributed by atoms with Crippen molar-refractivity contribution in [3.63, 3.8) is 0 Å². The van der Waals surface area contributed by atoms with Gasteiger partial charge in [-0.2, -0.15) is 0 Å². The summed E-state index contributed by atoms with van der Waals surface area (Å²) in [5.41, 5.74) is 0.995. The van der Waals surface area contributed by atoms with Crippen LogP contribution in [0.4, 0.5) is 0 Å². The highest BCUT2D eigenvalue weighted by Crippen LogP contribution is 2.13. The molecule has 5 heteroatoms. The average Bonchev–Trinajstić information content (AvgIpc) is 2.70. The molecule has 1 aliphatic heterocycles. The van der Waals surface area contributed by atoms with Gasteiger partial charge in [-0.15, -0.1) is 0 Å². The van der Waals surface area contributed by atoms with E-state index in [2.05, 4.69) is 4.99 Å². The standard InChI is InChI=1S/C11H10ClNO3/c12-8-3-1-7(2-4-8)5-10-13-6-9(16-10)11(14)15/h1-4,9H,5-6H2,(H,14,15). The van der Waals surface area contributed by atoms with Gasteiger partial charge < -0.3 is 9.84 Å². The van der Waals surface area contributed by atoms with Crippen LogP contribution in [0, 0.1) is 0 Å². The van der Waals surface area contributed by atoms with E-state index in [0.29, 0.717) is 17.3 Å². The number of halogens is 1. The Hall–Kier alpha value is -1.55. The number of hydrogen-bond acceptors (Lipinski definition) is 3. The van der Waals surface area contributed by atoms with E-state index in [1.165, 1.54) is 0 Å². The molecule has 0 aromatic heterocycles. The number of aliphatic carboxylic acids is 1. The number of ether oxygens (including phenoxy) is 1. The van der Waals surface area contributed by atoms with Crippen LogP contribution in [0.2, 0.25) is 5.02 Å². The van der Waals surface area contributed by atoms with Crippen molar-refractivity contribution in [2.45, 2.75) is 12.5 Å². The molecule has 0 saturated carbocycles. The predicted molar refractivity (Wildman–Crippen MR) is 60.0 cm³/mol. The van der Waals surface area contributed by atoms with Gasteiger partial charge in [0.05, 0.1) is 6.54 Å². The number of carbonyl (C=O) groups is 1. The number of benzene rings is 1. The quantitative estimate of drug-likeness (QED) is 0.875. The minimum atomic E-state index is -0.977. The second-order valence-corrected chi connectivity index (χ2v) is 3.92. The summed E-state index contributed by atoms with van der Waals surface area (Å²) in [7, 11) is 0. The number of carboxylic acid groups (broad SMARTS) is 1. The zero-order valence-corrected chi connectivity index (χ0v) is 9.15. The zero-order valence-electron chi connectivity index (χ0n) is 8.39. The second-order valence-electron chi connectivity index (χ2n) is 3.48. The molecule has 0 aliphatic carbocycles. The smallest absolute Gasteiger partial charge is 0.346 e. The minimum absolute atomic E-state index is 0.193. The van der Waals surface area contributed by atoms with Gasteiger partial charge in [0.2, 0.25) is 6.10 Å². The van der Waals surface area contributed by atoms with Crippen LogP contribution in [0.15, 0.2) is 29.3 Å². The predicted octanol–water partition coefficient (Wildman–Crippen LogP) is 1.76. The van der Waals surface area contributed by atoms with E-state index in [1.807, 2.05) is 12.1 Å². The van der Waals surface area contributed by atoms with Crippen LogP contribution in [-0.2, 0) is 16.0 Å². The zero-order chi connectivity index (χ0) is 11.5. The van der Waals surface area contributed by atoms with Crippen LogP contribution < -0.4 is 0 Å². The Morgan fingerprint density at radius 1 is 1.50 bits per heavy atom. The lowest BCUT2D eigenvalue weighted by molar-refractivity contribution is -0.144. The van der Waals surface area contributed by atoms with E-state index >= 15 is 0 Å². The Morgan fingerprint density at radius 2 is 2.19 bits per heavy atom. The largest absolute Gasteiger partial charge is 0.478 e. The maximum atomic E-state index is 10.6. The molecule has 0 saturated heterocycles. The van der Waals surface area contributed by atoms with E-state index in [4.69, 9.17) is 21.4 Å². The maximum Gasteiger partial charge on any atom is 0.346 e. The Bertz CT molecular complexity index is 427. The van der Waals surface area contributed by atoms with E-state index in [-0.39, 0.29) is 6.54 Å². The summed E-state index contributed by atoms with van der Waals surface area (Å²) in [6.07, 6.45) is -0.330. The fourth-order valence-electron chi connectivity index (χ4n) is 1.43. The number of rotatable bonds is 3. The number of carboxylic acids is 1. The summed E-state index contributed by atoms with van der Waals surface area (Å²) < 4.78 is 5.17. The van der Waals surface area contributed by atoms with Gasteiger partial charge in [0.15, 0.2) is 5.90 Å². The summed E-state index contributed by atoms with van der Waals surface area (Å²) in [6.45, 7) is 0.193. The molecule has 1 aromatic carbocycles. The summed E-state index contributed by atoms with van der Waals surface area (Å²) in [5.74, 6) is -0.510. The SMILES string of the molecule is O=C(O)C1CN=C(Cc2ccc(Cl)cc2)O1. The first-order chi connectivity index (χ1) is 7.65. The van der Waals surface area contributed by atoms with Gasteiger partial charge >= 0.3 is 5.97 Å². The summed E-state index contributed by atoms with van der Waals surface area (Å²) in [6, 6.07) is 7.28. The summed E-state index contributed by atoms with van der Waals surface area (Å²) in [5, 5.41) is 9.39. The molecule has 16 heavy (non-hydrogen) atoms. The second kappa shape index (κ2) is 4.53. The molecule has 1 heterocycles. The molecule has 84 valence electrons. The molecule has 1 aromatic rings.